The molecule has 1 atom stereocenters. The highest BCUT2D eigenvalue weighted by atomic mass is 79.9. The number of aromatic amines is 1. The number of carbonyl (C=O) groups excluding carboxylic acids is 1. The average molecular weight is 409 g/mol. The largest absolute Gasteiger partial charge is 0.444 e. The molecule has 0 saturated carbocycles. The lowest BCUT2D eigenvalue weighted by atomic mass is 10.2. The van der Waals surface area contributed by atoms with Gasteiger partial charge in [0, 0.05) is 18.3 Å². The number of aromatic nitrogens is 3. The zero-order valence-electron chi connectivity index (χ0n) is 15.3. The first-order chi connectivity index (χ1) is 11.7. The lowest BCUT2D eigenvalue weighted by Crippen LogP contribution is -2.39. The van der Waals surface area contributed by atoms with E-state index in [9.17, 15) is 4.79 Å². The van der Waals surface area contributed by atoms with E-state index in [1.165, 1.54) is 0 Å². The number of carbonyl (C=O) groups is 1. The molecular formula is C18H25BrN4O2. The summed E-state index contributed by atoms with van der Waals surface area (Å²) < 4.78 is 6.31. The van der Waals surface area contributed by atoms with Crippen LogP contribution in [0.1, 0.15) is 52.9 Å². The first-order valence-electron chi connectivity index (χ1n) is 8.37. The second-order valence-corrected chi connectivity index (χ2v) is 7.71. The number of nitrogens with one attached hydrogen (secondary N) is 1. The van der Waals surface area contributed by atoms with E-state index in [1.54, 1.807) is 17.3 Å². The Hall–Kier alpha value is -1.89. The van der Waals surface area contributed by atoms with Crippen LogP contribution in [0.2, 0.25) is 0 Å². The highest BCUT2D eigenvalue weighted by Crippen LogP contribution is 2.24. The van der Waals surface area contributed by atoms with Gasteiger partial charge < -0.3 is 9.72 Å². The normalized spacial score (nSPS) is 12.7. The van der Waals surface area contributed by atoms with Crippen LogP contribution in [0.3, 0.4) is 0 Å². The first kappa shape index (κ1) is 19.4. The Morgan fingerprint density at radius 1 is 1.32 bits per heavy atom. The quantitative estimate of drug-likeness (QED) is 0.710. The topological polar surface area (TPSA) is 71.1 Å². The minimum Gasteiger partial charge on any atom is -0.444 e. The molecule has 0 aliphatic carbocycles. The molecule has 1 N–H and O–H groups in total. The third-order valence-electron chi connectivity index (χ3n) is 3.59. The van der Waals surface area contributed by atoms with Gasteiger partial charge in [-0.05, 0) is 62.2 Å². The maximum absolute atomic E-state index is 12.5. The van der Waals surface area contributed by atoms with Gasteiger partial charge in [-0.2, -0.15) is 0 Å². The molecule has 0 unspecified atom stereocenters. The van der Waals surface area contributed by atoms with Crippen LogP contribution in [0.25, 0.3) is 11.3 Å². The van der Waals surface area contributed by atoms with E-state index < -0.39 is 5.60 Å². The molecule has 0 saturated heterocycles. The average Bonchev–Trinajstić information content (AvgIpc) is 3.01. The lowest BCUT2D eigenvalue weighted by Gasteiger charge is -2.30. The Balaban J connectivity index is 2.20. The van der Waals surface area contributed by atoms with Crippen molar-refractivity contribution in [3.8, 4) is 11.3 Å². The van der Waals surface area contributed by atoms with Crippen LogP contribution in [-0.4, -0.2) is 38.1 Å². The van der Waals surface area contributed by atoms with Gasteiger partial charge in [-0.25, -0.2) is 14.8 Å². The van der Waals surface area contributed by atoms with E-state index in [2.05, 4.69) is 30.9 Å². The fraction of sp³-hybridized carbons (Fsp3) is 0.500. The molecule has 2 heterocycles. The van der Waals surface area contributed by atoms with Gasteiger partial charge in [0.15, 0.2) is 0 Å². The molecule has 2 rings (SSSR count). The third kappa shape index (κ3) is 5.29. The summed E-state index contributed by atoms with van der Waals surface area (Å²) in [5.41, 5.74) is 1.27. The highest BCUT2D eigenvalue weighted by molar-refractivity contribution is 9.10. The SMILES string of the molecule is CCCN(C(=O)OC(C)(C)C)[C@@H](C)c1ncc(-c2ccc(Br)nc2)[nH]1. The molecule has 2 aromatic heterocycles. The van der Waals surface area contributed by atoms with E-state index >= 15 is 0 Å². The number of imidazole rings is 1. The summed E-state index contributed by atoms with van der Waals surface area (Å²) in [5.74, 6) is 0.720. The van der Waals surface area contributed by atoms with Crippen molar-refractivity contribution in [2.24, 2.45) is 0 Å². The van der Waals surface area contributed by atoms with E-state index in [1.807, 2.05) is 46.8 Å². The monoisotopic (exact) mass is 408 g/mol. The van der Waals surface area contributed by atoms with Crippen molar-refractivity contribution in [3.05, 3.63) is 35.0 Å². The fourth-order valence-electron chi connectivity index (χ4n) is 2.38. The predicted octanol–water partition coefficient (Wildman–Crippen LogP) is 4.94. The summed E-state index contributed by atoms with van der Waals surface area (Å²) in [6, 6.07) is 3.62. The van der Waals surface area contributed by atoms with Crippen molar-refractivity contribution in [2.75, 3.05) is 6.54 Å². The number of halogens is 1. The van der Waals surface area contributed by atoms with Crippen molar-refractivity contribution in [1.82, 2.24) is 19.9 Å². The Kier molecular flexibility index (Phi) is 6.21. The summed E-state index contributed by atoms with van der Waals surface area (Å²) in [6.45, 7) is 10.2. The van der Waals surface area contributed by atoms with Crippen molar-refractivity contribution in [1.29, 1.82) is 0 Å². The van der Waals surface area contributed by atoms with Crippen LogP contribution in [0.4, 0.5) is 4.79 Å². The Morgan fingerprint density at radius 2 is 2.04 bits per heavy atom. The zero-order valence-corrected chi connectivity index (χ0v) is 16.9. The van der Waals surface area contributed by atoms with Crippen LogP contribution in [0, 0.1) is 0 Å². The summed E-state index contributed by atoms with van der Waals surface area (Å²) in [7, 11) is 0. The maximum atomic E-state index is 12.5. The van der Waals surface area contributed by atoms with E-state index in [0.717, 1.165) is 28.1 Å². The molecule has 2 aromatic rings. The van der Waals surface area contributed by atoms with Crippen LogP contribution in [0.5, 0.6) is 0 Å². The Morgan fingerprint density at radius 3 is 2.60 bits per heavy atom. The van der Waals surface area contributed by atoms with Gasteiger partial charge in [0.2, 0.25) is 0 Å². The minimum absolute atomic E-state index is 0.216. The van der Waals surface area contributed by atoms with Gasteiger partial charge in [0.1, 0.15) is 16.0 Å². The number of rotatable bonds is 5. The van der Waals surface area contributed by atoms with Gasteiger partial charge in [-0.1, -0.05) is 6.92 Å². The highest BCUT2D eigenvalue weighted by Gasteiger charge is 2.27. The molecule has 0 radical (unpaired) electrons. The predicted molar refractivity (Wildman–Crippen MR) is 101 cm³/mol. The molecule has 1 amide bonds. The number of pyridine rings is 1. The molecule has 25 heavy (non-hydrogen) atoms. The molecule has 0 aromatic carbocycles. The van der Waals surface area contributed by atoms with Crippen molar-refractivity contribution in [2.45, 2.75) is 52.7 Å². The Labute approximate surface area is 157 Å². The summed E-state index contributed by atoms with van der Waals surface area (Å²) in [4.78, 5) is 26.2. The van der Waals surface area contributed by atoms with Crippen molar-refractivity contribution >= 4 is 22.0 Å². The van der Waals surface area contributed by atoms with Crippen molar-refractivity contribution < 1.29 is 9.53 Å². The van der Waals surface area contributed by atoms with Gasteiger partial charge >= 0.3 is 6.09 Å². The number of H-pyrrole nitrogens is 1. The molecule has 0 spiro atoms. The molecule has 6 nitrogen and oxygen atoms in total. The second kappa shape index (κ2) is 7.99. The lowest BCUT2D eigenvalue weighted by molar-refractivity contribution is 0.0166. The number of amides is 1. The van der Waals surface area contributed by atoms with E-state index in [4.69, 9.17) is 4.74 Å². The van der Waals surface area contributed by atoms with Gasteiger partial charge in [-0.3, -0.25) is 4.90 Å². The molecule has 136 valence electrons. The number of hydrogen-bond donors (Lipinski definition) is 1. The maximum Gasteiger partial charge on any atom is 0.410 e. The second-order valence-electron chi connectivity index (χ2n) is 6.90. The zero-order chi connectivity index (χ0) is 18.6. The summed E-state index contributed by atoms with van der Waals surface area (Å²) >= 11 is 3.33. The molecule has 0 aliphatic rings. The molecular weight excluding hydrogens is 384 g/mol. The Bertz CT molecular complexity index is 707. The molecule has 0 bridgehead atoms. The van der Waals surface area contributed by atoms with Crippen molar-refractivity contribution in [3.63, 3.8) is 0 Å². The third-order valence-corrected chi connectivity index (χ3v) is 4.06. The number of ether oxygens (including phenoxy) is 1. The number of nitrogens with zero attached hydrogens (tertiary/aromatic N) is 3. The van der Waals surface area contributed by atoms with Gasteiger partial charge in [0.25, 0.3) is 0 Å². The van der Waals surface area contributed by atoms with Crippen LogP contribution < -0.4 is 0 Å². The first-order valence-corrected chi connectivity index (χ1v) is 9.17. The molecule has 0 fully saturated rings. The van der Waals surface area contributed by atoms with Gasteiger partial charge in [0.05, 0.1) is 17.9 Å². The van der Waals surface area contributed by atoms with E-state index in [-0.39, 0.29) is 12.1 Å². The fourth-order valence-corrected chi connectivity index (χ4v) is 2.62. The molecule has 0 aliphatic heterocycles. The molecule has 7 heteroatoms. The standard InChI is InChI=1S/C18H25BrN4O2/c1-6-9-23(17(24)25-18(3,4)5)12(2)16-21-11-14(22-16)13-7-8-15(19)20-10-13/h7-8,10-12H,6,9H2,1-5H3,(H,21,22)/t12-/m0/s1. The smallest absolute Gasteiger partial charge is 0.410 e. The summed E-state index contributed by atoms with van der Waals surface area (Å²) in [6.07, 6.45) is 4.04. The number of hydrogen-bond acceptors (Lipinski definition) is 4. The van der Waals surface area contributed by atoms with Crippen LogP contribution in [0.15, 0.2) is 29.1 Å². The van der Waals surface area contributed by atoms with Crippen LogP contribution in [-0.2, 0) is 4.74 Å². The summed E-state index contributed by atoms with van der Waals surface area (Å²) in [5, 5.41) is 0. The van der Waals surface area contributed by atoms with E-state index in [0.29, 0.717) is 6.54 Å². The van der Waals surface area contributed by atoms with Gasteiger partial charge in [-0.15, -0.1) is 0 Å². The van der Waals surface area contributed by atoms with Crippen LogP contribution >= 0.6 is 15.9 Å². The minimum atomic E-state index is -0.528.